The standard InChI is InChI=1S/C12H15NO/c1-9-4-6-11(7-5-9)12(14)8-10(2)13-3/h4-8,13H,1-3H3/b10-8-. The average molecular weight is 189 g/mol. The number of rotatable bonds is 3. The highest BCUT2D eigenvalue weighted by Gasteiger charge is 2.01. The second kappa shape index (κ2) is 4.61. The van der Waals surface area contributed by atoms with Crippen molar-refractivity contribution in [2.45, 2.75) is 13.8 Å². The molecule has 2 heteroatoms. The maximum atomic E-state index is 11.6. The first-order valence-corrected chi connectivity index (χ1v) is 4.60. The van der Waals surface area contributed by atoms with Crippen molar-refractivity contribution < 1.29 is 4.79 Å². The van der Waals surface area contributed by atoms with Gasteiger partial charge in [-0.1, -0.05) is 29.8 Å². The fourth-order valence-electron chi connectivity index (χ4n) is 1.07. The predicted molar refractivity (Wildman–Crippen MR) is 58.3 cm³/mol. The highest BCUT2D eigenvalue weighted by molar-refractivity contribution is 6.04. The Kier molecular flexibility index (Phi) is 3.46. The van der Waals surface area contributed by atoms with Crippen LogP contribution in [0.4, 0.5) is 0 Å². The van der Waals surface area contributed by atoms with E-state index in [2.05, 4.69) is 5.32 Å². The quantitative estimate of drug-likeness (QED) is 0.584. The molecule has 14 heavy (non-hydrogen) atoms. The van der Waals surface area contributed by atoms with Gasteiger partial charge in [-0.25, -0.2) is 0 Å². The highest BCUT2D eigenvalue weighted by Crippen LogP contribution is 2.05. The summed E-state index contributed by atoms with van der Waals surface area (Å²) in [6.07, 6.45) is 1.60. The third kappa shape index (κ3) is 2.73. The Morgan fingerprint density at radius 2 is 1.86 bits per heavy atom. The summed E-state index contributed by atoms with van der Waals surface area (Å²) in [5, 5.41) is 2.92. The molecule has 1 aromatic carbocycles. The van der Waals surface area contributed by atoms with Crippen LogP contribution in [0.2, 0.25) is 0 Å². The van der Waals surface area contributed by atoms with E-state index in [-0.39, 0.29) is 5.78 Å². The van der Waals surface area contributed by atoms with Crippen molar-refractivity contribution in [3.8, 4) is 0 Å². The van der Waals surface area contributed by atoms with Gasteiger partial charge >= 0.3 is 0 Å². The summed E-state index contributed by atoms with van der Waals surface area (Å²) in [5.41, 5.74) is 2.76. The molecule has 0 fully saturated rings. The maximum absolute atomic E-state index is 11.6. The topological polar surface area (TPSA) is 29.1 Å². The van der Waals surface area contributed by atoms with E-state index in [1.165, 1.54) is 0 Å². The molecule has 0 bridgehead atoms. The van der Waals surface area contributed by atoms with Gasteiger partial charge in [0, 0.05) is 24.4 Å². The van der Waals surface area contributed by atoms with E-state index >= 15 is 0 Å². The van der Waals surface area contributed by atoms with Crippen LogP contribution < -0.4 is 5.32 Å². The summed E-state index contributed by atoms with van der Waals surface area (Å²) in [5.74, 6) is 0.0388. The van der Waals surface area contributed by atoms with Gasteiger partial charge in [0.15, 0.2) is 5.78 Å². The fourth-order valence-corrected chi connectivity index (χ4v) is 1.07. The predicted octanol–water partition coefficient (Wildman–Crippen LogP) is 2.30. The van der Waals surface area contributed by atoms with Gasteiger partial charge in [0.05, 0.1) is 0 Å². The second-order valence-corrected chi connectivity index (χ2v) is 3.31. The first-order chi connectivity index (χ1) is 6.63. The lowest BCUT2D eigenvalue weighted by atomic mass is 10.1. The van der Waals surface area contributed by atoms with Crippen molar-refractivity contribution in [3.05, 3.63) is 47.2 Å². The van der Waals surface area contributed by atoms with E-state index in [4.69, 9.17) is 0 Å². The lowest BCUT2D eigenvalue weighted by Crippen LogP contribution is -2.05. The molecule has 0 unspecified atom stereocenters. The number of nitrogens with one attached hydrogen (secondary N) is 1. The van der Waals surface area contributed by atoms with Gasteiger partial charge in [-0.3, -0.25) is 4.79 Å². The van der Waals surface area contributed by atoms with E-state index in [9.17, 15) is 4.79 Å². The van der Waals surface area contributed by atoms with Crippen LogP contribution in [-0.2, 0) is 0 Å². The van der Waals surface area contributed by atoms with Crippen LogP contribution in [0.15, 0.2) is 36.0 Å². The van der Waals surface area contributed by atoms with E-state index in [1.807, 2.05) is 38.1 Å². The number of allylic oxidation sites excluding steroid dienone is 2. The molecule has 1 rings (SSSR count). The Morgan fingerprint density at radius 1 is 1.29 bits per heavy atom. The molecule has 0 aliphatic carbocycles. The van der Waals surface area contributed by atoms with Gasteiger partial charge in [0.25, 0.3) is 0 Å². The van der Waals surface area contributed by atoms with Crippen LogP contribution >= 0.6 is 0 Å². The summed E-state index contributed by atoms with van der Waals surface area (Å²) in [4.78, 5) is 11.6. The lowest BCUT2D eigenvalue weighted by Gasteiger charge is -1.99. The van der Waals surface area contributed by atoms with Crippen LogP contribution in [0.1, 0.15) is 22.8 Å². The van der Waals surface area contributed by atoms with Crippen molar-refractivity contribution in [2.75, 3.05) is 7.05 Å². The number of hydrogen-bond donors (Lipinski definition) is 1. The van der Waals surface area contributed by atoms with Gasteiger partial charge in [-0.2, -0.15) is 0 Å². The fraction of sp³-hybridized carbons (Fsp3) is 0.250. The Hall–Kier alpha value is -1.57. The minimum Gasteiger partial charge on any atom is -0.392 e. The van der Waals surface area contributed by atoms with Gasteiger partial charge in [-0.15, -0.1) is 0 Å². The smallest absolute Gasteiger partial charge is 0.187 e. The first kappa shape index (κ1) is 10.5. The van der Waals surface area contributed by atoms with Crippen molar-refractivity contribution in [1.82, 2.24) is 5.32 Å². The minimum absolute atomic E-state index is 0.0388. The Morgan fingerprint density at radius 3 is 2.36 bits per heavy atom. The molecule has 0 radical (unpaired) electrons. The summed E-state index contributed by atoms with van der Waals surface area (Å²) >= 11 is 0. The molecule has 0 atom stereocenters. The van der Waals surface area contributed by atoms with Crippen LogP contribution in [0.3, 0.4) is 0 Å². The molecule has 0 aliphatic heterocycles. The Balaban J connectivity index is 2.85. The van der Waals surface area contributed by atoms with Crippen LogP contribution in [0, 0.1) is 6.92 Å². The van der Waals surface area contributed by atoms with E-state index in [0.717, 1.165) is 16.8 Å². The van der Waals surface area contributed by atoms with Crippen LogP contribution in [0.25, 0.3) is 0 Å². The summed E-state index contributed by atoms with van der Waals surface area (Å²) in [7, 11) is 1.80. The largest absolute Gasteiger partial charge is 0.392 e. The highest BCUT2D eigenvalue weighted by atomic mass is 16.1. The van der Waals surface area contributed by atoms with Gasteiger partial charge in [-0.05, 0) is 13.8 Å². The van der Waals surface area contributed by atoms with Gasteiger partial charge in [0.2, 0.25) is 0 Å². The van der Waals surface area contributed by atoms with E-state index in [1.54, 1.807) is 13.1 Å². The normalized spacial score (nSPS) is 11.2. The SMILES string of the molecule is CN/C(C)=C\C(=O)c1ccc(C)cc1. The monoisotopic (exact) mass is 189 g/mol. The molecule has 0 spiro atoms. The molecule has 0 saturated carbocycles. The number of aryl methyl sites for hydroxylation is 1. The molecule has 1 aromatic rings. The number of carbonyl (C=O) groups excluding carboxylic acids is 1. The zero-order valence-electron chi connectivity index (χ0n) is 8.79. The third-order valence-electron chi connectivity index (χ3n) is 2.08. The number of benzene rings is 1. The average Bonchev–Trinajstić information content (AvgIpc) is 2.18. The Bertz CT molecular complexity index is 349. The minimum atomic E-state index is 0.0388. The molecule has 2 nitrogen and oxygen atoms in total. The van der Waals surface area contributed by atoms with Crippen molar-refractivity contribution in [2.24, 2.45) is 0 Å². The van der Waals surface area contributed by atoms with Crippen LogP contribution in [-0.4, -0.2) is 12.8 Å². The molecule has 74 valence electrons. The summed E-state index contributed by atoms with van der Waals surface area (Å²) in [6.45, 7) is 3.87. The maximum Gasteiger partial charge on any atom is 0.187 e. The first-order valence-electron chi connectivity index (χ1n) is 4.60. The molecule has 0 heterocycles. The van der Waals surface area contributed by atoms with Crippen molar-refractivity contribution >= 4 is 5.78 Å². The molecule has 0 saturated heterocycles. The Labute approximate surface area is 84.6 Å². The van der Waals surface area contributed by atoms with E-state index in [0.29, 0.717) is 0 Å². The third-order valence-corrected chi connectivity index (χ3v) is 2.08. The summed E-state index contributed by atoms with van der Waals surface area (Å²) < 4.78 is 0. The second-order valence-electron chi connectivity index (χ2n) is 3.31. The van der Waals surface area contributed by atoms with Gasteiger partial charge < -0.3 is 5.32 Å². The zero-order valence-corrected chi connectivity index (χ0v) is 8.79. The molecular formula is C12H15NO. The van der Waals surface area contributed by atoms with Crippen LogP contribution in [0.5, 0.6) is 0 Å². The van der Waals surface area contributed by atoms with E-state index < -0.39 is 0 Å². The zero-order chi connectivity index (χ0) is 10.6. The molecule has 1 N–H and O–H groups in total. The number of hydrogen-bond acceptors (Lipinski definition) is 2. The molecule has 0 aromatic heterocycles. The molecule has 0 aliphatic rings. The number of carbonyl (C=O) groups is 1. The van der Waals surface area contributed by atoms with Crippen molar-refractivity contribution in [3.63, 3.8) is 0 Å². The molecule has 0 amide bonds. The van der Waals surface area contributed by atoms with Crippen molar-refractivity contribution in [1.29, 1.82) is 0 Å². The lowest BCUT2D eigenvalue weighted by molar-refractivity contribution is 0.104. The summed E-state index contributed by atoms with van der Waals surface area (Å²) in [6, 6.07) is 7.57. The molecular weight excluding hydrogens is 174 g/mol. The number of ketones is 1. The van der Waals surface area contributed by atoms with Gasteiger partial charge in [0.1, 0.15) is 0 Å².